The fourth-order valence-electron chi connectivity index (χ4n) is 4.35. The normalized spacial score (nSPS) is 14.7. The molecule has 0 bridgehead atoms. The van der Waals surface area contributed by atoms with Crippen LogP contribution in [0.1, 0.15) is 55.0 Å². The number of fused-ring (bicyclic) bond motifs is 1. The number of hydrogen-bond donors (Lipinski definition) is 0. The lowest BCUT2D eigenvalue weighted by Crippen LogP contribution is -2.04. The second-order valence-corrected chi connectivity index (χ2v) is 8.07. The van der Waals surface area contributed by atoms with Crippen molar-refractivity contribution < 1.29 is 9.45 Å². The SMILES string of the molecule is O=[N+]([O-])c1cccc2ccc(-c3nc(Cc4ccc(C5CCCCC5)cc4)no3)nc12. The third-order valence-corrected chi connectivity index (χ3v) is 6.00. The van der Waals surface area contributed by atoms with Crippen LogP contribution >= 0.6 is 0 Å². The lowest BCUT2D eigenvalue weighted by atomic mass is 9.84. The van der Waals surface area contributed by atoms with Gasteiger partial charge in [0, 0.05) is 17.9 Å². The highest BCUT2D eigenvalue weighted by Crippen LogP contribution is 2.33. The summed E-state index contributed by atoms with van der Waals surface area (Å²) in [6.45, 7) is 0. The maximum absolute atomic E-state index is 11.3. The second-order valence-electron chi connectivity index (χ2n) is 8.07. The summed E-state index contributed by atoms with van der Waals surface area (Å²) in [5.41, 5.74) is 3.22. The highest BCUT2D eigenvalue weighted by Gasteiger charge is 2.18. The van der Waals surface area contributed by atoms with Crippen LogP contribution in [0.3, 0.4) is 0 Å². The molecule has 2 aromatic heterocycles. The van der Waals surface area contributed by atoms with Gasteiger partial charge in [0.15, 0.2) is 5.82 Å². The van der Waals surface area contributed by atoms with Gasteiger partial charge in [-0.1, -0.05) is 66.9 Å². The molecule has 0 amide bonds. The molecule has 1 fully saturated rings. The van der Waals surface area contributed by atoms with Gasteiger partial charge in [-0.05, 0) is 36.0 Å². The molecule has 1 aliphatic rings. The average Bonchev–Trinajstić information content (AvgIpc) is 3.28. The van der Waals surface area contributed by atoms with Gasteiger partial charge in [-0.3, -0.25) is 10.1 Å². The first-order valence-electron chi connectivity index (χ1n) is 10.6. The fraction of sp³-hybridized carbons (Fsp3) is 0.292. The van der Waals surface area contributed by atoms with E-state index in [2.05, 4.69) is 39.4 Å². The van der Waals surface area contributed by atoms with Crippen molar-refractivity contribution in [2.45, 2.75) is 44.4 Å². The molecule has 1 saturated carbocycles. The first-order chi connectivity index (χ1) is 15.2. The minimum atomic E-state index is -0.435. The predicted octanol–water partition coefficient (Wildman–Crippen LogP) is 5.83. The maximum Gasteiger partial charge on any atom is 0.295 e. The number of rotatable bonds is 5. The van der Waals surface area contributed by atoms with Crippen molar-refractivity contribution in [3.63, 3.8) is 0 Å². The molecule has 0 radical (unpaired) electrons. The third-order valence-electron chi connectivity index (χ3n) is 6.00. The van der Waals surface area contributed by atoms with E-state index in [0.717, 1.165) is 5.56 Å². The maximum atomic E-state index is 11.3. The van der Waals surface area contributed by atoms with Crippen LogP contribution in [0, 0.1) is 10.1 Å². The van der Waals surface area contributed by atoms with Crippen LogP contribution in [0.2, 0.25) is 0 Å². The van der Waals surface area contributed by atoms with Crippen molar-refractivity contribution in [3.8, 4) is 11.6 Å². The first-order valence-corrected chi connectivity index (χ1v) is 10.6. The Labute approximate surface area is 179 Å². The molecule has 2 aromatic carbocycles. The zero-order chi connectivity index (χ0) is 21.2. The Morgan fingerprint density at radius 3 is 2.55 bits per heavy atom. The molecule has 5 rings (SSSR count). The average molecular weight is 414 g/mol. The van der Waals surface area contributed by atoms with Crippen molar-refractivity contribution >= 4 is 16.6 Å². The van der Waals surface area contributed by atoms with Crippen LogP contribution in [0.4, 0.5) is 5.69 Å². The molecular weight excluding hydrogens is 392 g/mol. The number of aromatic nitrogens is 3. The van der Waals surface area contributed by atoms with Crippen molar-refractivity contribution in [2.24, 2.45) is 0 Å². The van der Waals surface area contributed by atoms with E-state index in [1.165, 1.54) is 43.7 Å². The molecule has 0 unspecified atom stereocenters. The molecule has 7 nitrogen and oxygen atoms in total. The molecular formula is C24H22N4O3. The first kappa shape index (κ1) is 19.4. The molecule has 0 saturated heterocycles. The monoisotopic (exact) mass is 414 g/mol. The summed E-state index contributed by atoms with van der Waals surface area (Å²) in [5.74, 6) is 1.50. The molecule has 0 aliphatic heterocycles. The van der Waals surface area contributed by atoms with E-state index in [4.69, 9.17) is 4.52 Å². The van der Waals surface area contributed by atoms with Gasteiger partial charge < -0.3 is 4.52 Å². The number of para-hydroxylation sites is 1. The van der Waals surface area contributed by atoms with E-state index >= 15 is 0 Å². The fourth-order valence-corrected chi connectivity index (χ4v) is 4.35. The standard InChI is InChI=1S/C24H22N4O3/c29-28(30)21-8-4-7-19-13-14-20(25-23(19)21)24-26-22(27-31-24)15-16-9-11-18(12-10-16)17-5-2-1-3-6-17/h4,7-14,17H,1-3,5-6,15H2. The van der Waals surface area contributed by atoms with E-state index < -0.39 is 4.92 Å². The van der Waals surface area contributed by atoms with Crippen molar-refractivity contribution in [2.75, 3.05) is 0 Å². The van der Waals surface area contributed by atoms with Gasteiger partial charge in [-0.15, -0.1) is 0 Å². The summed E-state index contributed by atoms with van der Waals surface area (Å²) < 4.78 is 5.40. The van der Waals surface area contributed by atoms with Gasteiger partial charge in [0.2, 0.25) is 0 Å². The van der Waals surface area contributed by atoms with E-state index in [0.29, 0.717) is 34.8 Å². The molecule has 0 spiro atoms. The van der Waals surface area contributed by atoms with Gasteiger partial charge in [-0.2, -0.15) is 4.98 Å². The number of benzene rings is 2. The second kappa shape index (κ2) is 8.26. The number of nitro benzene ring substituents is 1. The summed E-state index contributed by atoms with van der Waals surface area (Å²) in [7, 11) is 0. The number of pyridine rings is 1. The van der Waals surface area contributed by atoms with Crippen LogP contribution in [-0.4, -0.2) is 20.0 Å². The molecule has 1 aliphatic carbocycles. The van der Waals surface area contributed by atoms with Crippen LogP contribution < -0.4 is 0 Å². The highest BCUT2D eigenvalue weighted by molar-refractivity contribution is 5.88. The third kappa shape index (κ3) is 4.03. The van der Waals surface area contributed by atoms with Crippen molar-refractivity contribution in [3.05, 3.63) is 81.7 Å². The predicted molar refractivity (Wildman–Crippen MR) is 117 cm³/mol. The summed E-state index contributed by atoms with van der Waals surface area (Å²) in [6, 6.07) is 17.1. The van der Waals surface area contributed by atoms with E-state index in [-0.39, 0.29) is 11.6 Å². The Balaban J connectivity index is 1.35. The van der Waals surface area contributed by atoms with Gasteiger partial charge in [-0.25, -0.2) is 4.98 Å². The zero-order valence-electron chi connectivity index (χ0n) is 17.0. The van der Waals surface area contributed by atoms with E-state index in [1.54, 1.807) is 24.3 Å². The highest BCUT2D eigenvalue weighted by atomic mass is 16.6. The Morgan fingerprint density at radius 2 is 1.77 bits per heavy atom. The number of nitro groups is 1. The van der Waals surface area contributed by atoms with Crippen LogP contribution in [0.25, 0.3) is 22.5 Å². The molecule has 31 heavy (non-hydrogen) atoms. The minimum Gasteiger partial charge on any atom is -0.332 e. The Kier molecular flexibility index (Phi) is 5.16. The Morgan fingerprint density at radius 1 is 0.968 bits per heavy atom. The number of nitrogens with zero attached hydrogens (tertiary/aromatic N) is 4. The van der Waals surface area contributed by atoms with Crippen LogP contribution in [-0.2, 0) is 6.42 Å². The quantitative estimate of drug-likeness (QED) is 0.301. The molecule has 0 atom stereocenters. The smallest absolute Gasteiger partial charge is 0.295 e. The lowest BCUT2D eigenvalue weighted by Gasteiger charge is -2.22. The van der Waals surface area contributed by atoms with Gasteiger partial charge >= 0.3 is 0 Å². The van der Waals surface area contributed by atoms with Crippen molar-refractivity contribution in [1.29, 1.82) is 0 Å². The van der Waals surface area contributed by atoms with Gasteiger partial charge in [0.25, 0.3) is 11.6 Å². The number of non-ortho nitro benzene ring substituents is 1. The van der Waals surface area contributed by atoms with Crippen LogP contribution in [0.5, 0.6) is 0 Å². The van der Waals surface area contributed by atoms with Crippen molar-refractivity contribution in [1.82, 2.24) is 15.1 Å². The molecule has 2 heterocycles. The molecule has 7 heteroatoms. The molecule has 156 valence electrons. The lowest BCUT2D eigenvalue weighted by molar-refractivity contribution is -0.383. The molecule has 0 N–H and O–H groups in total. The van der Waals surface area contributed by atoms with Gasteiger partial charge in [0.05, 0.1) is 4.92 Å². The van der Waals surface area contributed by atoms with E-state index in [1.807, 2.05) is 0 Å². The minimum absolute atomic E-state index is 0.0443. The zero-order valence-corrected chi connectivity index (χ0v) is 17.0. The summed E-state index contributed by atoms with van der Waals surface area (Å²) in [6.07, 6.45) is 7.12. The Bertz CT molecular complexity index is 1230. The summed E-state index contributed by atoms with van der Waals surface area (Å²) in [5, 5.41) is 16.1. The molecule has 4 aromatic rings. The summed E-state index contributed by atoms with van der Waals surface area (Å²) >= 11 is 0. The Hall–Kier alpha value is -3.61. The summed E-state index contributed by atoms with van der Waals surface area (Å²) in [4.78, 5) is 19.7. The largest absolute Gasteiger partial charge is 0.332 e. The van der Waals surface area contributed by atoms with Gasteiger partial charge in [0.1, 0.15) is 11.2 Å². The van der Waals surface area contributed by atoms with E-state index in [9.17, 15) is 10.1 Å². The topological polar surface area (TPSA) is 95.0 Å². The number of hydrogen-bond acceptors (Lipinski definition) is 6. The van der Waals surface area contributed by atoms with Crippen LogP contribution in [0.15, 0.2) is 59.1 Å².